The summed E-state index contributed by atoms with van der Waals surface area (Å²) in [6.07, 6.45) is 0. The third-order valence-corrected chi connectivity index (χ3v) is 5.45. The van der Waals surface area contributed by atoms with Gasteiger partial charge in [0.25, 0.3) is 0 Å². The first-order valence-corrected chi connectivity index (χ1v) is 13.0. The van der Waals surface area contributed by atoms with Gasteiger partial charge in [0.05, 0.1) is 11.0 Å². The van der Waals surface area contributed by atoms with Gasteiger partial charge in [0.15, 0.2) is 11.2 Å². The van der Waals surface area contributed by atoms with Gasteiger partial charge in [0.1, 0.15) is 0 Å². The molecule has 10 nitrogen and oxygen atoms in total. The minimum Gasteiger partial charge on any atom is -0.753 e. The normalized spacial score (nSPS) is 9.30. The molecule has 0 saturated carbocycles. The molecule has 0 aliphatic rings. The molecule has 0 aliphatic carbocycles. The summed E-state index contributed by atoms with van der Waals surface area (Å²) in [5.41, 5.74) is 4.39. The fourth-order valence-corrected chi connectivity index (χ4v) is 3.67. The maximum Gasteiger partial charge on any atom is 2.00 e. The standard InChI is InChI=1S/2C14H11N2O2.2CNS.Cu/c2*17-14-16(10-15-11-6-2-1-3-7-11)12-8-4-5-9-13(12)18-14;2*2-1-3;/h2*1-9H,10H2;;;/q4*-1;+2. The van der Waals surface area contributed by atoms with E-state index in [1.165, 1.54) is 19.5 Å². The van der Waals surface area contributed by atoms with E-state index < -0.39 is 0 Å². The molecule has 221 valence electrons. The van der Waals surface area contributed by atoms with Crippen LogP contribution in [0.1, 0.15) is 0 Å². The number of benzene rings is 4. The van der Waals surface area contributed by atoms with E-state index in [1.54, 1.807) is 12.1 Å². The van der Waals surface area contributed by atoms with Crippen LogP contribution >= 0.6 is 24.4 Å². The van der Waals surface area contributed by atoms with Gasteiger partial charge in [0.2, 0.25) is 0 Å². The van der Waals surface area contributed by atoms with Gasteiger partial charge >= 0.3 is 28.6 Å². The van der Waals surface area contributed by atoms with Gasteiger partial charge in [-0.3, -0.25) is 9.13 Å². The fourth-order valence-electron chi connectivity index (χ4n) is 3.67. The minimum atomic E-state index is -0.379. The maximum absolute atomic E-state index is 11.7. The van der Waals surface area contributed by atoms with E-state index in [2.05, 4.69) is 35.1 Å². The second kappa shape index (κ2) is 18.5. The van der Waals surface area contributed by atoms with Crippen molar-refractivity contribution in [1.29, 1.82) is 0 Å². The molecule has 6 rings (SSSR count). The number of oxazole rings is 2. The smallest absolute Gasteiger partial charge is 0.753 e. The quantitative estimate of drug-likeness (QED) is 0.101. The summed E-state index contributed by atoms with van der Waals surface area (Å²) in [5.74, 6) is -0.758. The third kappa shape index (κ3) is 10.2. The molecule has 0 unspecified atom stereocenters. The van der Waals surface area contributed by atoms with Gasteiger partial charge in [-0.15, -0.1) is 11.4 Å². The van der Waals surface area contributed by atoms with Crippen molar-refractivity contribution < 1.29 is 25.9 Å². The molecule has 0 atom stereocenters. The first kappa shape index (κ1) is 34.3. The number of hydrogen-bond donors (Lipinski definition) is 0. The number of rotatable bonds is 6. The SMILES string of the molecule is O=c1oc2ccccc2n1C[N-]c1ccccc1.O=c1oc2ccccc2n1C[N-]c1ccccc1.[Cu+2].[N-]=C=S.[N-]=C=S. The van der Waals surface area contributed by atoms with Crippen LogP contribution in [-0.2, 0) is 30.4 Å². The Balaban J connectivity index is 0.000000249. The number of fused-ring (bicyclic) bond motifs is 2. The molecular weight excluding hydrogens is 636 g/mol. The van der Waals surface area contributed by atoms with Crippen molar-refractivity contribution in [2.24, 2.45) is 0 Å². The average Bonchev–Trinajstić information content (AvgIpc) is 3.51. The van der Waals surface area contributed by atoms with Crippen LogP contribution in [0, 0.1) is 0 Å². The molecular formula is C30H22CuN6O4S2-2. The van der Waals surface area contributed by atoms with E-state index in [4.69, 9.17) is 19.7 Å². The van der Waals surface area contributed by atoms with Crippen molar-refractivity contribution in [1.82, 2.24) is 9.13 Å². The zero-order valence-corrected chi connectivity index (χ0v) is 24.8. The molecule has 6 aromatic rings. The Morgan fingerprint density at radius 3 is 1.23 bits per heavy atom. The molecule has 0 amide bonds. The fraction of sp³-hybridized carbons (Fsp3) is 0.0667. The van der Waals surface area contributed by atoms with Crippen LogP contribution in [-0.4, -0.2) is 19.5 Å². The van der Waals surface area contributed by atoms with Crippen molar-refractivity contribution in [2.45, 2.75) is 13.3 Å². The van der Waals surface area contributed by atoms with Gasteiger partial charge in [-0.05, 0) is 37.6 Å². The Hall–Kier alpha value is -4.86. The Bertz CT molecular complexity index is 1750. The second-order valence-corrected chi connectivity index (χ2v) is 8.35. The summed E-state index contributed by atoms with van der Waals surface area (Å²) >= 11 is 7.40. The summed E-state index contributed by atoms with van der Waals surface area (Å²) in [6, 6.07) is 33.7. The van der Waals surface area contributed by atoms with Gasteiger partial charge < -0.3 is 30.3 Å². The molecule has 13 heteroatoms. The summed E-state index contributed by atoms with van der Waals surface area (Å²) in [7, 11) is 0. The number of isothiocyanates is 2. The van der Waals surface area contributed by atoms with Gasteiger partial charge in [-0.1, -0.05) is 109 Å². The maximum atomic E-state index is 11.7. The van der Waals surface area contributed by atoms with Crippen molar-refractivity contribution in [3.8, 4) is 0 Å². The number of hydrogen-bond acceptors (Lipinski definition) is 6. The van der Waals surface area contributed by atoms with Crippen LogP contribution in [0.3, 0.4) is 0 Å². The molecule has 0 bridgehead atoms. The van der Waals surface area contributed by atoms with Crippen LogP contribution in [0.2, 0.25) is 0 Å². The molecule has 4 aromatic carbocycles. The topological polar surface area (TPSA) is 143 Å². The molecule has 2 heterocycles. The van der Waals surface area contributed by atoms with Gasteiger partial charge in [0, 0.05) is 0 Å². The van der Waals surface area contributed by atoms with Crippen LogP contribution in [0.15, 0.2) is 128 Å². The van der Waals surface area contributed by atoms with Crippen molar-refractivity contribution >= 4 is 68.3 Å². The zero-order chi connectivity index (χ0) is 30.2. The number of thiocarbonyl (C=S) groups is 2. The van der Waals surface area contributed by atoms with E-state index in [0.717, 1.165) is 22.4 Å². The number of para-hydroxylation sites is 6. The van der Waals surface area contributed by atoms with Crippen LogP contribution in [0.4, 0.5) is 11.4 Å². The van der Waals surface area contributed by atoms with Gasteiger partial charge in [-0.2, -0.15) is 10.3 Å². The van der Waals surface area contributed by atoms with Crippen LogP contribution < -0.4 is 11.5 Å². The van der Waals surface area contributed by atoms with Gasteiger partial charge in [-0.25, -0.2) is 9.59 Å². The second-order valence-electron chi connectivity index (χ2n) is 7.98. The summed E-state index contributed by atoms with van der Waals surface area (Å²) in [6.45, 7) is 0.527. The molecule has 2 aromatic heterocycles. The summed E-state index contributed by atoms with van der Waals surface area (Å²) in [4.78, 5) is 23.4. The van der Waals surface area contributed by atoms with Crippen molar-refractivity contribution in [3.05, 3.63) is 152 Å². The largest absolute Gasteiger partial charge is 2.00 e. The van der Waals surface area contributed by atoms with E-state index in [0.29, 0.717) is 11.2 Å². The monoisotopic (exact) mass is 657 g/mol. The summed E-state index contributed by atoms with van der Waals surface area (Å²) in [5, 5.41) is 25.7. The van der Waals surface area contributed by atoms with E-state index >= 15 is 0 Å². The van der Waals surface area contributed by atoms with Crippen molar-refractivity contribution in [3.63, 3.8) is 0 Å². The number of aromatic nitrogens is 2. The average molecular weight is 658 g/mol. The molecule has 0 spiro atoms. The molecule has 1 radical (unpaired) electrons. The predicted octanol–water partition coefficient (Wildman–Crippen LogP) is 7.83. The number of nitrogens with zero attached hydrogens (tertiary/aromatic N) is 6. The first-order chi connectivity index (χ1) is 20.5. The zero-order valence-electron chi connectivity index (χ0n) is 22.2. The Labute approximate surface area is 267 Å². The molecule has 0 fully saturated rings. The Kier molecular flexibility index (Phi) is 14.8. The Morgan fingerprint density at radius 2 is 0.884 bits per heavy atom. The van der Waals surface area contributed by atoms with E-state index in [-0.39, 0.29) is 41.9 Å². The van der Waals surface area contributed by atoms with Crippen LogP contribution in [0.25, 0.3) is 43.7 Å². The van der Waals surface area contributed by atoms with Crippen LogP contribution in [0.5, 0.6) is 0 Å². The first-order valence-electron chi connectivity index (χ1n) is 12.2. The molecule has 0 aliphatic heterocycles. The van der Waals surface area contributed by atoms with E-state index in [9.17, 15) is 9.59 Å². The minimum absolute atomic E-state index is 0. The van der Waals surface area contributed by atoms with Crippen molar-refractivity contribution in [2.75, 3.05) is 0 Å². The predicted molar refractivity (Wildman–Crippen MR) is 172 cm³/mol. The molecule has 0 saturated heterocycles. The third-order valence-electron chi connectivity index (χ3n) is 5.45. The Morgan fingerprint density at radius 1 is 0.581 bits per heavy atom. The summed E-state index contributed by atoms with van der Waals surface area (Å²) < 4.78 is 13.3. The molecule has 43 heavy (non-hydrogen) atoms. The molecule has 0 N–H and O–H groups in total. The van der Waals surface area contributed by atoms with E-state index in [1.807, 2.05) is 97.1 Å².